The molecule has 0 N–H and O–H groups in total. The lowest BCUT2D eigenvalue weighted by molar-refractivity contribution is 0.463. The molecule has 3 heteroatoms. The van der Waals surface area contributed by atoms with Gasteiger partial charge in [0.05, 0.1) is 5.69 Å². The molecule has 17 heavy (non-hydrogen) atoms. The second-order valence-corrected chi connectivity index (χ2v) is 4.73. The van der Waals surface area contributed by atoms with Crippen LogP contribution in [0.4, 0.5) is 4.39 Å². The van der Waals surface area contributed by atoms with Gasteiger partial charge >= 0.3 is 0 Å². The highest BCUT2D eigenvalue weighted by atomic mass is 19.1. The molecule has 1 aromatic heterocycles. The second-order valence-electron chi connectivity index (χ2n) is 4.73. The first-order chi connectivity index (χ1) is 8.24. The van der Waals surface area contributed by atoms with Crippen LogP contribution in [0, 0.1) is 5.82 Å². The molecule has 0 aliphatic carbocycles. The van der Waals surface area contributed by atoms with Crippen LogP contribution in [0.2, 0.25) is 0 Å². The standard InChI is InChI=1S/C14H15FN2/c1-10-4-3-7-17-9-13(16-14(10)17)11-5-2-6-12(15)8-11/h2,5-6,8-10H,3-4,7H2,1H3. The Morgan fingerprint density at radius 2 is 2.29 bits per heavy atom. The first kappa shape index (κ1) is 10.5. The van der Waals surface area contributed by atoms with Gasteiger partial charge in [0.15, 0.2) is 0 Å². The largest absolute Gasteiger partial charge is 0.334 e. The molecule has 88 valence electrons. The number of hydrogen-bond donors (Lipinski definition) is 0. The number of rotatable bonds is 1. The highest BCUT2D eigenvalue weighted by molar-refractivity contribution is 5.58. The Labute approximate surface area is 100 Å². The summed E-state index contributed by atoms with van der Waals surface area (Å²) in [6, 6.07) is 6.63. The number of hydrogen-bond acceptors (Lipinski definition) is 1. The van der Waals surface area contributed by atoms with Crippen LogP contribution in [-0.2, 0) is 6.54 Å². The van der Waals surface area contributed by atoms with Gasteiger partial charge < -0.3 is 4.57 Å². The monoisotopic (exact) mass is 230 g/mol. The van der Waals surface area contributed by atoms with Crippen molar-refractivity contribution in [1.82, 2.24) is 9.55 Å². The number of fused-ring (bicyclic) bond motifs is 1. The van der Waals surface area contributed by atoms with Gasteiger partial charge in [-0.15, -0.1) is 0 Å². The third kappa shape index (κ3) is 1.86. The van der Waals surface area contributed by atoms with Gasteiger partial charge in [0, 0.05) is 24.2 Å². The van der Waals surface area contributed by atoms with Crippen molar-refractivity contribution in [1.29, 1.82) is 0 Å². The maximum absolute atomic E-state index is 13.2. The predicted molar refractivity (Wildman–Crippen MR) is 65.3 cm³/mol. The first-order valence-electron chi connectivity index (χ1n) is 6.07. The summed E-state index contributed by atoms with van der Waals surface area (Å²) in [5, 5.41) is 0. The summed E-state index contributed by atoms with van der Waals surface area (Å²) in [7, 11) is 0. The van der Waals surface area contributed by atoms with Gasteiger partial charge in [0.1, 0.15) is 11.6 Å². The highest BCUT2D eigenvalue weighted by Gasteiger charge is 2.19. The summed E-state index contributed by atoms with van der Waals surface area (Å²) in [5.74, 6) is 1.43. The van der Waals surface area contributed by atoms with Crippen molar-refractivity contribution in [3.05, 3.63) is 42.1 Å². The van der Waals surface area contributed by atoms with E-state index >= 15 is 0 Å². The lowest BCUT2D eigenvalue weighted by atomic mass is 10.0. The van der Waals surface area contributed by atoms with Crippen molar-refractivity contribution in [2.24, 2.45) is 0 Å². The van der Waals surface area contributed by atoms with Gasteiger partial charge in [-0.05, 0) is 25.0 Å². The molecule has 0 fully saturated rings. The second kappa shape index (κ2) is 3.99. The first-order valence-corrected chi connectivity index (χ1v) is 6.07. The smallest absolute Gasteiger partial charge is 0.123 e. The van der Waals surface area contributed by atoms with Crippen molar-refractivity contribution in [2.75, 3.05) is 0 Å². The predicted octanol–water partition coefficient (Wildman–Crippen LogP) is 3.59. The number of nitrogens with zero attached hydrogens (tertiary/aromatic N) is 2. The van der Waals surface area contributed by atoms with Crippen LogP contribution in [-0.4, -0.2) is 9.55 Å². The molecule has 2 heterocycles. The maximum Gasteiger partial charge on any atom is 0.123 e. The summed E-state index contributed by atoms with van der Waals surface area (Å²) < 4.78 is 15.4. The Hall–Kier alpha value is -1.64. The summed E-state index contributed by atoms with van der Waals surface area (Å²) >= 11 is 0. The molecule has 1 atom stereocenters. The van der Waals surface area contributed by atoms with E-state index in [0.29, 0.717) is 5.92 Å². The fraction of sp³-hybridized carbons (Fsp3) is 0.357. The third-order valence-electron chi connectivity index (χ3n) is 3.40. The van der Waals surface area contributed by atoms with Crippen molar-refractivity contribution in [3.8, 4) is 11.3 Å². The van der Waals surface area contributed by atoms with E-state index in [-0.39, 0.29) is 5.82 Å². The number of halogens is 1. The topological polar surface area (TPSA) is 17.8 Å². The van der Waals surface area contributed by atoms with E-state index in [1.54, 1.807) is 12.1 Å². The lowest BCUT2D eigenvalue weighted by Gasteiger charge is -2.19. The quantitative estimate of drug-likeness (QED) is 0.732. The minimum atomic E-state index is -0.207. The Balaban J connectivity index is 2.05. The maximum atomic E-state index is 13.2. The summed E-state index contributed by atoms with van der Waals surface area (Å²) in [6.07, 6.45) is 4.44. The van der Waals surface area contributed by atoms with Gasteiger partial charge in [-0.1, -0.05) is 19.1 Å². The zero-order chi connectivity index (χ0) is 11.8. The van der Waals surface area contributed by atoms with E-state index in [2.05, 4.69) is 16.5 Å². The molecule has 0 saturated heterocycles. The van der Waals surface area contributed by atoms with Crippen molar-refractivity contribution >= 4 is 0 Å². The molecule has 1 unspecified atom stereocenters. The Bertz CT molecular complexity index is 545. The van der Waals surface area contributed by atoms with Gasteiger partial charge in [-0.2, -0.15) is 0 Å². The molecule has 1 aromatic carbocycles. The molecule has 0 saturated carbocycles. The van der Waals surface area contributed by atoms with E-state index in [1.165, 1.54) is 18.9 Å². The Kier molecular flexibility index (Phi) is 2.46. The van der Waals surface area contributed by atoms with E-state index in [0.717, 1.165) is 23.6 Å². The minimum Gasteiger partial charge on any atom is -0.334 e. The van der Waals surface area contributed by atoms with Gasteiger partial charge in [0.2, 0.25) is 0 Å². The number of aryl methyl sites for hydroxylation is 1. The number of benzene rings is 1. The Morgan fingerprint density at radius 3 is 3.06 bits per heavy atom. The van der Waals surface area contributed by atoms with Crippen LogP contribution in [0.3, 0.4) is 0 Å². The molecule has 1 aliphatic heterocycles. The zero-order valence-corrected chi connectivity index (χ0v) is 9.86. The SMILES string of the molecule is CC1CCCn2cc(-c3cccc(F)c3)nc21. The average Bonchev–Trinajstić information content (AvgIpc) is 2.74. The number of aromatic nitrogens is 2. The average molecular weight is 230 g/mol. The van der Waals surface area contributed by atoms with Crippen LogP contribution in [0.5, 0.6) is 0 Å². The minimum absolute atomic E-state index is 0.207. The fourth-order valence-corrected chi connectivity index (χ4v) is 2.49. The molecule has 0 radical (unpaired) electrons. The van der Waals surface area contributed by atoms with Gasteiger partial charge in [0.25, 0.3) is 0 Å². The van der Waals surface area contributed by atoms with Crippen LogP contribution in [0.25, 0.3) is 11.3 Å². The van der Waals surface area contributed by atoms with Crippen LogP contribution in [0.15, 0.2) is 30.5 Å². The van der Waals surface area contributed by atoms with Crippen molar-refractivity contribution in [3.63, 3.8) is 0 Å². The van der Waals surface area contributed by atoms with E-state index in [9.17, 15) is 4.39 Å². The molecular weight excluding hydrogens is 215 g/mol. The molecule has 1 aliphatic rings. The summed E-state index contributed by atoms with van der Waals surface area (Å²) in [4.78, 5) is 4.64. The molecule has 2 aromatic rings. The number of imidazole rings is 1. The Morgan fingerprint density at radius 1 is 1.41 bits per heavy atom. The van der Waals surface area contributed by atoms with Crippen LogP contribution >= 0.6 is 0 Å². The molecular formula is C14H15FN2. The molecule has 0 bridgehead atoms. The van der Waals surface area contributed by atoms with Gasteiger partial charge in [-0.3, -0.25) is 0 Å². The normalized spacial score (nSPS) is 19.1. The lowest BCUT2D eigenvalue weighted by Crippen LogP contribution is -2.12. The van der Waals surface area contributed by atoms with Crippen molar-refractivity contribution < 1.29 is 4.39 Å². The van der Waals surface area contributed by atoms with E-state index in [4.69, 9.17) is 0 Å². The molecule has 2 nitrogen and oxygen atoms in total. The summed E-state index contributed by atoms with van der Waals surface area (Å²) in [6.45, 7) is 3.23. The third-order valence-corrected chi connectivity index (χ3v) is 3.40. The zero-order valence-electron chi connectivity index (χ0n) is 9.86. The van der Waals surface area contributed by atoms with Crippen LogP contribution < -0.4 is 0 Å². The molecule has 0 spiro atoms. The highest BCUT2D eigenvalue weighted by Crippen LogP contribution is 2.29. The summed E-state index contributed by atoms with van der Waals surface area (Å²) in [5.41, 5.74) is 1.74. The van der Waals surface area contributed by atoms with Crippen LogP contribution in [0.1, 0.15) is 31.5 Å². The van der Waals surface area contributed by atoms with Gasteiger partial charge in [-0.25, -0.2) is 9.37 Å². The fourth-order valence-electron chi connectivity index (χ4n) is 2.49. The van der Waals surface area contributed by atoms with E-state index in [1.807, 2.05) is 12.3 Å². The molecule has 0 amide bonds. The van der Waals surface area contributed by atoms with Crippen molar-refractivity contribution in [2.45, 2.75) is 32.2 Å². The van der Waals surface area contributed by atoms with E-state index < -0.39 is 0 Å². The molecule has 3 rings (SSSR count).